The summed E-state index contributed by atoms with van der Waals surface area (Å²) in [5.41, 5.74) is 3.05. The van der Waals surface area contributed by atoms with Crippen LogP contribution in [-0.4, -0.2) is 35.9 Å². The van der Waals surface area contributed by atoms with Crippen molar-refractivity contribution < 1.29 is 18.6 Å². The van der Waals surface area contributed by atoms with Gasteiger partial charge in [0.25, 0.3) is 0 Å². The molecule has 0 spiro atoms. The molecule has 30 heavy (non-hydrogen) atoms. The molecule has 7 nitrogen and oxygen atoms in total. The number of fused-ring (bicyclic) bond motifs is 1. The predicted octanol–water partition coefficient (Wildman–Crippen LogP) is 4.17. The Morgan fingerprint density at radius 3 is 2.43 bits per heavy atom. The van der Waals surface area contributed by atoms with Gasteiger partial charge in [0.2, 0.25) is 5.75 Å². The molecule has 0 saturated heterocycles. The molecule has 0 aliphatic rings. The van der Waals surface area contributed by atoms with Gasteiger partial charge in [0.1, 0.15) is 11.6 Å². The monoisotopic (exact) mass is 408 g/mol. The summed E-state index contributed by atoms with van der Waals surface area (Å²) in [4.78, 5) is 4.42. The molecule has 0 radical (unpaired) electrons. The molecule has 0 aliphatic carbocycles. The van der Waals surface area contributed by atoms with Crippen LogP contribution in [0.2, 0.25) is 0 Å². The van der Waals surface area contributed by atoms with Crippen LogP contribution >= 0.6 is 0 Å². The Morgan fingerprint density at radius 1 is 1.00 bits per heavy atom. The van der Waals surface area contributed by atoms with Crippen LogP contribution in [0.5, 0.6) is 17.2 Å². The van der Waals surface area contributed by atoms with Gasteiger partial charge in [-0.25, -0.2) is 9.37 Å². The highest BCUT2D eigenvalue weighted by Gasteiger charge is 2.14. The predicted molar refractivity (Wildman–Crippen MR) is 112 cm³/mol. The van der Waals surface area contributed by atoms with Crippen LogP contribution in [0.25, 0.3) is 16.8 Å². The van der Waals surface area contributed by atoms with Gasteiger partial charge in [-0.3, -0.25) is 0 Å². The second-order valence-electron chi connectivity index (χ2n) is 6.52. The van der Waals surface area contributed by atoms with Crippen LogP contribution in [-0.2, 0) is 6.54 Å². The minimum absolute atomic E-state index is 0.302. The van der Waals surface area contributed by atoms with Gasteiger partial charge in [0.05, 0.1) is 27.5 Å². The lowest BCUT2D eigenvalue weighted by atomic mass is 10.1. The molecular formula is C22H21FN4O3. The Morgan fingerprint density at radius 2 is 1.77 bits per heavy atom. The third-order valence-electron chi connectivity index (χ3n) is 4.74. The van der Waals surface area contributed by atoms with Crippen molar-refractivity contribution >= 4 is 11.5 Å². The lowest BCUT2D eigenvalue weighted by molar-refractivity contribution is 0.324. The van der Waals surface area contributed by atoms with Crippen LogP contribution < -0.4 is 19.5 Å². The lowest BCUT2D eigenvalue weighted by Crippen LogP contribution is -2.06. The van der Waals surface area contributed by atoms with Crippen molar-refractivity contribution in [2.24, 2.45) is 0 Å². The zero-order valence-electron chi connectivity index (χ0n) is 16.8. The number of hydrogen-bond donors (Lipinski definition) is 1. The van der Waals surface area contributed by atoms with Gasteiger partial charge >= 0.3 is 0 Å². The molecule has 2 aromatic carbocycles. The van der Waals surface area contributed by atoms with Crippen LogP contribution in [0.15, 0.2) is 54.9 Å². The van der Waals surface area contributed by atoms with E-state index in [0.29, 0.717) is 29.4 Å². The number of nitrogens with one attached hydrogen (secondary N) is 1. The van der Waals surface area contributed by atoms with Gasteiger partial charge in [-0.1, -0.05) is 12.1 Å². The van der Waals surface area contributed by atoms with E-state index < -0.39 is 0 Å². The minimum Gasteiger partial charge on any atom is -0.493 e. The fourth-order valence-electron chi connectivity index (χ4n) is 3.32. The summed E-state index contributed by atoms with van der Waals surface area (Å²) in [5, 5.41) is 7.79. The number of rotatable bonds is 7. The van der Waals surface area contributed by atoms with E-state index in [1.165, 1.54) is 12.1 Å². The molecule has 2 aromatic heterocycles. The molecule has 0 amide bonds. The minimum atomic E-state index is -0.302. The second-order valence-corrected chi connectivity index (χ2v) is 6.52. The van der Waals surface area contributed by atoms with Gasteiger partial charge in [-0.2, -0.15) is 9.61 Å². The second kappa shape index (κ2) is 8.28. The summed E-state index contributed by atoms with van der Waals surface area (Å²) in [6.07, 6.45) is 3.37. The fourth-order valence-corrected chi connectivity index (χ4v) is 3.32. The number of aromatic nitrogens is 3. The first-order valence-electron chi connectivity index (χ1n) is 9.26. The van der Waals surface area contributed by atoms with Crippen molar-refractivity contribution in [3.05, 3.63) is 66.2 Å². The average Bonchev–Trinajstić information content (AvgIpc) is 3.21. The fraction of sp³-hybridized carbons (Fsp3) is 0.182. The summed E-state index contributed by atoms with van der Waals surface area (Å²) in [6.45, 7) is 0.491. The average molecular weight is 408 g/mol. The number of ether oxygens (including phenoxy) is 3. The van der Waals surface area contributed by atoms with Gasteiger partial charge in [-0.05, 0) is 41.5 Å². The molecule has 0 saturated carbocycles. The number of benzene rings is 2. The normalized spacial score (nSPS) is 10.8. The Labute approximate surface area is 173 Å². The summed E-state index contributed by atoms with van der Waals surface area (Å²) < 4.78 is 31.5. The van der Waals surface area contributed by atoms with E-state index in [2.05, 4.69) is 15.4 Å². The maximum atomic E-state index is 13.6. The summed E-state index contributed by atoms with van der Waals surface area (Å²) in [5.74, 6) is 2.16. The van der Waals surface area contributed by atoms with E-state index in [-0.39, 0.29) is 5.82 Å². The number of methoxy groups -OCH3 is 3. The first kappa shape index (κ1) is 19.5. The highest BCUT2D eigenvalue weighted by molar-refractivity contribution is 5.77. The number of hydrogen-bond acceptors (Lipinski definition) is 6. The smallest absolute Gasteiger partial charge is 0.203 e. The summed E-state index contributed by atoms with van der Waals surface area (Å²) in [7, 11) is 4.73. The third kappa shape index (κ3) is 3.59. The van der Waals surface area contributed by atoms with E-state index in [4.69, 9.17) is 14.2 Å². The van der Waals surface area contributed by atoms with Crippen molar-refractivity contribution in [1.82, 2.24) is 14.6 Å². The van der Waals surface area contributed by atoms with E-state index in [9.17, 15) is 4.39 Å². The van der Waals surface area contributed by atoms with Gasteiger partial charge in [0.15, 0.2) is 17.1 Å². The third-order valence-corrected chi connectivity index (χ3v) is 4.74. The molecular weight excluding hydrogens is 387 g/mol. The Bertz CT molecular complexity index is 1170. The van der Waals surface area contributed by atoms with Crippen LogP contribution in [0.3, 0.4) is 0 Å². The molecule has 0 unspecified atom stereocenters. The molecule has 0 bridgehead atoms. The molecule has 2 heterocycles. The molecule has 4 rings (SSSR count). The molecule has 8 heteroatoms. The topological polar surface area (TPSA) is 69.9 Å². The first-order chi connectivity index (χ1) is 14.6. The lowest BCUT2D eigenvalue weighted by Gasteiger charge is -2.15. The highest BCUT2D eigenvalue weighted by Crippen LogP contribution is 2.38. The molecule has 0 aliphatic heterocycles. The zero-order chi connectivity index (χ0) is 21.1. The van der Waals surface area contributed by atoms with Crippen LogP contribution in [0.4, 0.5) is 10.2 Å². The van der Waals surface area contributed by atoms with E-state index in [1.807, 2.05) is 24.3 Å². The Kier molecular flexibility index (Phi) is 5.38. The van der Waals surface area contributed by atoms with Crippen molar-refractivity contribution in [3.8, 4) is 28.4 Å². The number of anilines is 1. The summed E-state index contributed by atoms with van der Waals surface area (Å²) >= 11 is 0. The van der Waals surface area contributed by atoms with Crippen LogP contribution in [0, 0.1) is 5.82 Å². The van der Waals surface area contributed by atoms with Crippen LogP contribution in [0.1, 0.15) is 5.56 Å². The van der Waals surface area contributed by atoms with Crippen molar-refractivity contribution in [2.45, 2.75) is 6.54 Å². The van der Waals surface area contributed by atoms with Gasteiger partial charge in [0, 0.05) is 18.3 Å². The summed E-state index contributed by atoms with van der Waals surface area (Å²) in [6, 6.07) is 12.0. The molecule has 0 atom stereocenters. The van der Waals surface area contributed by atoms with E-state index >= 15 is 0 Å². The van der Waals surface area contributed by atoms with E-state index in [1.54, 1.807) is 44.3 Å². The van der Waals surface area contributed by atoms with Crippen molar-refractivity contribution in [1.29, 1.82) is 0 Å². The first-order valence-corrected chi connectivity index (χ1v) is 9.26. The highest BCUT2D eigenvalue weighted by atomic mass is 19.1. The Balaban J connectivity index is 1.64. The molecule has 1 N–H and O–H groups in total. The maximum Gasteiger partial charge on any atom is 0.203 e. The molecule has 4 aromatic rings. The largest absolute Gasteiger partial charge is 0.493 e. The zero-order valence-corrected chi connectivity index (χ0v) is 16.8. The van der Waals surface area contributed by atoms with Crippen molar-refractivity contribution in [2.75, 3.05) is 26.6 Å². The SMILES string of the molecule is COc1cc(CNc2ccnc3c(-c4cccc(F)c4)cnn23)cc(OC)c1OC. The Hall–Kier alpha value is -3.81. The van der Waals surface area contributed by atoms with Crippen molar-refractivity contribution in [3.63, 3.8) is 0 Å². The van der Waals surface area contributed by atoms with Gasteiger partial charge < -0.3 is 19.5 Å². The van der Waals surface area contributed by atoms with E-state index in [0.717, 1.165) is 22.5 Å². The maximum absolute atomic E-state index is 13.6. The quantitative estimate of drug-likeness (QED) is 0.495. The molecule has 0 fully saturated rings. The number of nitrogens with zero attached hydrogens (tertiary/aromatic N) is 3. The van der Waals surface area contributed by atoms with Gasteiger partial charge in [-0.15, -0.1) is 0 Å². The molecule has 154 valence electrons. The standard InChI is InChI=1S/C22H21FN4O3/c1-28-18-9-14(10-19(29-2)21(18)30-3)12-25-20-7-8-24-22-17(13-26-27(20)22)15-5-4-6-16(23)11-15/h4-11,13,25H,12H2,1-3H3. The number of halogens is 1.